The Balaban J connectivity index is 1.94. The molecule has 0 bridgehead atoms. The van der Waals surface area contributed by atoms with Gasteiger partial charge in [-0.25, -0.2) is 8.78 Å². The summed E-state index contributed by atoms with van der Waals surface area (Å²) in [6.45, 7) is 0.551. The average molecular weight is 330 g/mol. The van der Waals surface area contributed by atoms with E-state index < -0.39 is 5.92 Å². The maximum atomic E-state index is 13.4. The largest absolute Gasteiger partial charge is 0.330 e. The number of halogens is 3. The molecular weight excluding hydrogens is 312 g/mol. The van der Waals surface area contributed by atoms with Gasteiger partial charge in [-0.15, -0.1) is 0 Å². The third-order valence-electron chi connectivity index (χ3n) is 4.98. The molecule has 0 amide bonds. The fourth-order valence-electron chi connectivity index (χ4n) is 3.90. The van der Waals surface area contributed by atoms with Crippen molar-refractivity contribution in [2.24, 2.45) is 11.1 Å². The van der Waals surface area contributed by atoms with Crippen molar-refractivity contribution in [3.63, 3.8) is 0 Å². The molecule has 2 aliphatic carbocycles. The zero-order valence-electron chi connectivity index (χ0n) is 10.8. The highest BCUT2D eigenvalue weighted by atomic mass is 79.9. The SMILES string of the molecule is NCC1c2cc(Br)ccc2CC12CCC(F)(F)CC2. The molecule has 19 heavy (non-hydrogen) atoms. The van der Waals surface area contributed by atoms with E-state index in [0.717, 1.165) is 10.9 Å². The summed E-state index contributed by atoms with van der Waals surface area (Å²) in [4.78, 5) is 0. The van der Waals surface area contributed by atoms with E-state index in [0.29, 0.717) is 19.4 Å². The molecule has 2 aliphatic rings. The van der Waals surface area contributed by atoms with Gasteiger partial charge < -0.3 is 5.73 Å². The van der Waals surface area contributed by atoms with Crippen molar-refractivity contribution in [3.8, 4) is 0 Å². The molecule has 1 spiro atoms. The molecule has 1 saturated carbocycles. The average Bonchev–Trinajstić information content (AvgIpc) is 2.66. The molecule has 1 aromatic carbocycles. The lowest BCUT2D eigenvalue weighted by Gasteiger charge is -2.41. The van der Waals surface area contributed by atoms with E-state index in [-0.39, 0.29) is 24.2 Å². The third-order valence-corrected chi connectivity index (χ3v) is 5.47. The molecule has 0 aliphatic heterocycles. The summed E-state index contributed by atoms with van der Waals surface area (Å²) in [7, 11) is 0. The van der Waals surface area contributed by atoms with Crippen LogP contribution in [0.2, 0.25) is 0 Å². The predicted octanol–water partition coefficient (Wildman–Crippen LogP) is 4.24. The quantitative estimate of drug-likeness (QED) is 0.819. The minimum atomic E-state index is -2.47. The Labute approximate surface area is 120 Å². The molecule has 0 aromatic heterocycles. The van der Waals surface area contributed by atoms with E-state index in [2.05, 4.69) is 28.1 Å². The maximum absolute atomic E-state index is 13.4. The van der Waals surface area contributed by atoms with Crippen molar-refractivity contribution in [3.05, 3.63) is 33.8 Å². The van der Waals surface area contributed by atoms with Gasteiger partial charge in [0.25, 0.3) is 0 Å². The van der Waals surface area contributed by atoms with Crippen LogP contribution in [0.1, 0.15) is 42.7 Å². The van der Waals surface area contributed by atoms with Crippen molar-refractivity contribution < 1.29 is 8.78 Å². The molecule has 1 nitrogen and oxygen atoms in total. The van der Waals surface area contributed by atoms with Crippen LogP contribution in [0.5, 0.6) is 0 Å². The number of alkyl halides is 2. The smallest absolute Gasteiger partial charge is 0.248 e. The van der Waals surface area contributed by atoms with Crippen LogP contribution in [-0.2, 0) is 6.42 Å². The Morgan fingerprint density at radius 2 is 1.89 bits per heavy atom. The number of benzene rings is 1. The first-order valence-corrected chi connectivity index (χ1v) is 7.61. The molecule has 2 N–H and O–H groups in total. The van der Waals surface area contributed by atoms with Crippen molar-refractivity contribution in [2.75, 3.05) is 6.54 Å². The van der Waals surface area contributed by atoms with Crippen molar-refractivity contribution in [1.82, 2.24) is 0 Å². The number of hydrogen-bond donors (Lipinski definition) is 1. The molecule has 1 aromatic rings. The van der Waals surface area contributed by atoms with Crippen LogP contribution in [0.3, 0.4) is 0 Å². The van der Waals surface area contributed by atoms with Crippen LogP contribution >= 0.6 is 15.9 Å². The monoisotopic (exact) mass is 329 g/mol. The fraction of sp³-hybridized carbons (Fsp3) is 0.600. The van der Waals surface area contributed by atoms with Gasteiger partial charge in [-0.05, 0) is 54.5 Å². The molecule has 1 atom stereocenters. The van der Waals surface area contributed by atoms with Crippen molar-refractivity contribution >= 4 is 15.9 Å². The highest BCUT2D eigenvalue weighted by Crippen LogP contribution is 2.57. The van der Waals surface area contributed by atoms with Gasteiger partial charge >= 0.3 is 0 Å². The first-order valence-electron chi connectivity index (χ1n) is 6.82. The van der Waals surface area contributed by atoms with Gasteiger partial charge in [-0.2, -0.15) is 0 Å². The van der Waals surface area contributed by atoms with E-state index >= 15 is 0 Å². The number of nitrogens with two attached hydrogens (primary N) is 1. The molecule has 4 heteroatoms. The van der Waals surface area contributed by atoms with Gasteiger partial charge in [0.05, 0.1) is 0 Å². The minimum Gasteiger partial charge on any atom is -0.330 e. The lowest BCUT2D eigenvalue weighted by atomic mass is 9.65. The summed E-state index contributed by atoms with van der Waals surface area (Å²) in [5.74, 6) is -2.24. The standard InChI is InChI=1S/C15H18BrF2N/c16-11-2-1-10-8-14(13(9-19)12(10)7-11)3-5-15(17,18)6-4-14/h1-2,7,13H,3-6,8-9,19H2. The zero-order valence-corrected chi connectivity index (χ0v) is 12.3. The lowest BCUT2D eigenvalue weighted by Crippen LogP contribution is -2.38. The Morgan fingerprint density at radius 1 is 1.21 bits per heavy atom. The second-order valence-corrected chi connectivity index (χ2v) is 6.94. The fourth-order valence-corrected chi connectivity index (χ4v) is 4.28. The van der Waals surface area contributed by atoms with E-state index in [1.807, 2.05) is 6.07 Å². The summed E-state index contributed by atoms with van der Waals surface area (Å²) < 4.78 is 27.9. The topological polar surface area (TPSA) is 26.0 Å². The van der Waals surface area contributed by atoms with Gasteiger partial charge in [0.1, 0.15) is 0 Å². The van der Waals surface area contributed by atoms with Crippen LogP contribution in [0.4, 0.5) is 8.78 Å². The molecular formula is C15H18BrF2N. The Morgan fingerprint density at radius 3 is 2.53 bits per heavy atom. The van der Waals surface area contributed by atoms with Gasteiger partial charge in [-0.1, -0.05) is 22.0 Å². The summed E-state index contributed by atoms with van der Waals surface area (Å²) in [5.41, 5.74) is 8.50. The number of fused-ring (bicyclic) bond motifs is 1. The maximum Gasteiger partial charge on any atom is 0.248 e. The summed E-state index contributed by atoms with van der Waals surface area (Å²) >= 11 is 3.49. The van der Waals surface area contributed by atoms with Crippen LogP contribution in [0.15, 0.2) is 22.7 Å². The molecule has 1 fully saturated rings. The van der Waals surface area contributed by atoms with E-state index in [1.165, 1.54) is 11.1 Å². The van der Waals surface area contributed by atoms with Gasteiger partial charge in [-0.3, -0.25) is 0 Å². The first kappa shape index (κ1) is 13.5. The van der Waals surface area contributed by atoms with Crippen LogP contribution in [-0.4, -0.2) is 12.5 Å². The molecule has 3 rings (SSSR count). The van der Waals surface area contributed by atoms with Gasteiger partial charge in [0, 0.05) is 23.2 Å². The van der Waals surface area contributed by atoms with Gasteiger partial charge in [0.15, 0.2) is 0 Å². The predicted molar refractivity (Wildman–Crippen MR) is 75.5 cm³/mol. The van der Waals surface area contributed by atoms with E-state index in [9.17, 15) is 8.78 Å². The summed E-state index contributed by atoms with van der Waals surface area (Å²) in [6.07, 6.45) is 2.12. The number of hydrogen-bond acceptors (Lipinski definition) is 1. The second kappa shape index (κ2) is 4.52. The summed E-state index contributed by atoms with van der Waals surface area (Å²) in [6, 6.07) is 6.26. The van der Waals surface area contributed by atoms with Gasteiger partial charge in [0.2, 0.25) is 5.92 Å². The van der Waals surface area contributed by atoms with Crippen molar-refractivity contribution in [1.29, 1.82) is 0 Å². The Kier molecular flexibility index (Phi) is 3.21. The zero-order chi connectivity index (χ0) is 13.7. The second-order valence-electron chi connectivity index (χ2n) is 6.03. The molecule has 0 heterocycles. The highest BCUT2D eigenvalue weighted by Gasteiger charge is 2.50. The summed E-state index contributed by atoms with van der Waals surface area (Å²) in [5, 5.41) is 0. The van der Waals surface area contributed by atoms with Crippen LogP contribution < -0.4 is 5.73 Å². The lowest BCUT2D eigenvalue weighted by molar-refractivity contribution is -0.0700. The van der Waals surface area contributed by atoms with Crippen LogP contribution in [0.25, 0.3) is 0 Å². The molecule has 0 radical (unpaired) electrons. The minimum absolute atomic E-state index is 0.0126. The molecule has 1 unspecified atom stereocenters. The third kappa shape index (κ3) is 2.23. The van der Waals surface area contributed by atoms with E-state index in [4.69, 9.17) is 5.73 Å². The highest BCUT2D eigenvalue weighted by molar-refractivity contribution is 9.10. The normalized spacial score (nSPS) is 27.5. The van der Waals surface area contributed by atoms with Crippen LogP contribution in [0, 0.1) is 5.41 Å². The first-order chi connectivity index (χ1) is 8.96. The number of rotatable bonds is 1. The van der Waals surface area contributed by atoms with E-state index in [1.54, 1.807) is 0 Å². The Bertz CT molecular complexity index is 491. The Hall–Kier alpha value is -0.480. The molecule has 0 saturated heterocycles. The van der Waals surface area contributed by atoms with Crippen molar-refractivity contribution in [2.45, 2.75) is 43.9 Å². The molecule has 104 valence electrons.